The Labute approximate surface area is 134 Å². The highest BCUT2D eigenvalue weighted by molar-refractivity contribution is 5.89. The fourth-order valence-corrected chi connectivity index (χ4v) is 2.58. The average Bonchev–Trinajstić information content (AvgIpc) is 3.01. The molecule has 23 heavy (non-hydrogen) atoms. The van der Waals surface area contributed by atoms with Gasteiger partial charge in [0.1, 0.15) is 6.04 Å². The van der Waals surface area contributed by atoms with Gasteiger partial charge in [0.05, 0.1) is 13.2 Å². The number of nitrogens with zero attached hydrogens (tertiary/aromatic N) is 3. The van der Waals surface area contributed by atoms with Crippen LogP contribution < -0.4 is 5.32 Å². The molecule has 1 saturated heterocycles. The number of carbonyl (C=O) groups is 1. The zero-order chi connectivity index (χ0) is 16.2. The van der Waals surface area contributed by atoms with Gasteiger partial charge in [-0.2, -0.15) is 4.98 Å². The molecule has 0 unspecified atom stereocenters. The second-order valence-electron chi connectivity index (χ2n) is 5.44. The Morgan fingerprint density at radius 1 is 1.48 bits per heavy atom. The van der Waals surface area contributed by atoms with E-state index in [0.29, 0.717) is 31.5 Å². The Kier molecular flexibility index (Phi) is 4.57. The second-order valence-corrected chi connectivity index (χ2v) is 5.44. The third kappa shape index (κ3) is 3.50. The summed E-state index contributed by atoms with van der Waals surface area (Å²) >= 11 is 0. The number of nitrogens with one attached hydrogen (secondary N) is 1. The number of hydrogen-bond acceptors (Lipinski definition) is 5. The van der Waals surface area contributed by atoms with Crippen molar-refractivity contribution in [1.82, 2.24) is 15.0 Å². The zero-order valence-corrected chi connectivity index (χ0v) is 13.3. The van der Waals surface area contributed by atoms with Crippen molar-refractivity contribution in [2.75, 3.05) is 25.1 Å². The minimum Gasteiger partial charge on any atom is -0.377 e. The first-order chi connectivity index (χ1) is 11.2. The van der Waals surface area contributed by atoms with Gasteiger partial charge in [0.25, 0.3) is 0 Å². The first-order valence-corrected chi connectivity index (χ1v) is 7.72. The monoisotopic (exact) mass is 316 g/mol. The molecule has 3 rings (SSSR count). The van der Waals surface area contributed by atoms with E-state index in [1.54, 1.807) is 11.8 Å². The van der Waals surface area contributed by atoms with Crippen LogP contribution in [-0.2, 0) is 11.2 Å². The molecule has 0 aliphatic carbocycles. The number of amides is 2. The van der Waals surface area contributed by atoms with Crippen LogP contribution in [0.25, 0.3) is 0 Å². The molecular weight excluding hydrogens is 296 g/mol. The summed E-state index contributed by atoms with van der Waals surface area (Å²) in [5, 5.41) is 6.86. The quantitative estimate of drug-likeness (QED) is 0.941. The van der Waals surface area contributed by atoms with Crippen LogP contribution in [0.1, 0.15) is 30.2 Å². The lowest BCUT2D eigenvalue weighted by molar-refractivity contribution is 0.0110. The van der Waals surface area contributed by atoms with Crippen molar-refractivity contribution in [3.63, 3.8) is 0 Å². The second kappa shape index (κ2) is 6.78. The van der Waals surface area contributed by atoms with Gasteiger partial charge in [-0.25, -0.2) is 4.79 Å². The van der Waals surface area contributed by atoms with Gasteiger partial charge in [-0.1, -0.05) is 24.2 Å². The van der Waals surface area contributed by atoms with Crippen molar-refractivity contribution in [3.8, 4) is 0 Å². The Morgan fingerprint density at radius 3 is 3.09 bits per heavy atom. The SMILES string of the molecule is CCc1cccc(NC(=O)N2CCOC[C@H]2c2noc(C)n2)c1. The highest BCUT2D eigenvalue weighted by Crippen LogP contribution is 2.23. The minimum atomic E-state index is -0.337. The molecule has 2 heterocycles. The molecule has 1 aromatic carbocycles. The van der Waals surface area contributed by atoms with Crippen molar-refractivity contribution in [3.05, 3.63) is 41.5 Å². The van der Waals surface area contributed by atoms with Gasteiger partial charge in [0, 0.05) is 19.2 Å². The van der Waals surface area contributed by atoms with Crippen LogP contribution in [0.2, 0.25) is 0 Å². The summed E-state index contributed by atoms with van der Waals surface area (Å²) in [5.41, 5.74) is 1.96. The summed E-state index contributed by atoms with van der Waals surface area (Å²) < 4.78 is 10.5. The van der Waals surface area contributed by atoms with E-state index in [2.05, 4.69) is 22.4 Å². The number of morpholine rings is 1. The standard InChI is InChI=1S/C16H20N4O3/c1-3-12-5-4-6-13(9-12)18-16(21)20-7-8-22-10-14(20)15-17-11(2)23-19-15/h4-6,9,14H,3,7-8,10H2,1-2H3,(H,18,21)/t14-/m0/s1. The van der Waals surface area contributed by atoms with E-state index in [4.69, 9.17) is 9.26 Å². The third-order valence-electron chi connectivity index (χ3n) is 3.82. The van der Waals surface area contributed by atoms with Crippen LogP contribution in [0.15, 0.2) is 28.8 Å². The van der Waals surface area contributed by atoms with E-state index < -0.39 is 0 Å². The van der Waals surface area contributed by atoms with Crippen LogP contribution in [0.3, 0.4) is 0 Å². The first kappa shape index (κ1) is 15.5. The largest absolute Gasteiger partial charge is 0.377 e. The van der Waals surface area contributed by atoms with Crippen molar-refractivity contribution in [1.29, 1.82) is 0 Å². The van der Waals surface area contributed by atoms with Crippen molar-refractivity contribution < 1.29 is 14.1 Å². The maximum atomic E-state index is 12.6. The topological polar surface area (TPSA) is 80.5 Å². The van der Waals surface area contributed by atoms with Crippen LogP contribution in [0.4, 0.5) is 10.5 Å². The van der Waals surface area contributed by atoms with E-state index in [9.17, 15) is 4.79 Å². The molecule has 0 spiro atoms. The summed E-state index contributed by atoms with van der Waals surface area (Å²) in [6.45, 7) is 5.15. The molecule has 7 nitrogen and oxygen atoms in total. The van der Waals surface area contributed by atoms with Gasteiger partial charge in [-0.15, -0.1) is 0 Å². The number of ether oxygens (including phenoxy) is 1. The summed E-state index contributed by atoms with van der Waals surface area (Å²) in [6, 6.07) is 7.31. The molecular formula is C16H20N4O3. The van der Waals surface area contributed by atoms with Crippen LogP contribution >= 0.6 is 0 Å². The Balaban J connectivity index is 1.75. The zero-order valence-electron chi connectivity index (χ0n) is 13.3. The molecule has 2 amide bonds. The number of anilines is 1. The fourth-order valence-electron chi connectivity index (χ4n) is 2.58. The lowest BCUT2D eigenvalue weighted by Crippen LogP contribution is -2.45. The number of benzene rings is 1. The number of aryl methyl sites for hydroxylation is 2. The molecule has 0 radical (unpaired) electrons. The normalized spacial score (nSPS) is 18.0. The van der Waals surface area contributed by atoms with E-state index in [1.165, 1.54) is 5.56 Å². The van der Waals surface area contributed by atoms with Crippen LogP contribution in [0, 0.1) is 6.92 Å². The van der Waals surface area contributed by atoms with Gasteiger partial charge in [-0.3, -0.25) is 0 Å². The van der Waals surface area contributed by atoms with E-state index >= 15 is 0 Å². The molecule has 1 N–H and O–H groups in total. The van der Waals surface area contributed by atoms with E-state index in [0.717, 1.165) is 12.1 Å². The number of rotatable bonds is 3. The van der Waals surface area contributed by atoms with Crippen LogP contribution in [0.5, 0.6) is 0 Å². The summed E-state index contributed by atoms with van der Waals surface area (Å²) in [5.74, 6) is 0.946. The predicted octanol–water partition coefficient (Wildman–Crippen LogP) is 2.55. The fraction of sp³-hybridized carbons (Fsp3) is 0.438. The lowest BCUT2D eigenvalue weighted by Gasteiger charge is -2.33. The van der Waals surface area contributed by atoms with Gasteiger partial charge in [-0.05, 0) is 24.1 Å². The van der Waals surface area contributed by atoms with E-state index in [1.807, 2.05) is 24.3 Å². The number of carbonyl (C=O) groups excluding carboxylic acids is 1. The molecule has 0 saturated carbocycles. The molecule has 1 atom stereocenters. The van der Waals surface area contributed by atoms with Crippen molar-refractivity contribution in [2.24, 2.45) is 0 Å². The molecule has 1 fully saturated rings. The summed E-state index contributed by atoms with van der Waals surface area (Å²) in [7, 11) is 0. The summed E-state index contributed by atoms with van der Waals surface area (Å²) in [4.78, 5) is 18.5. The number of hydrogen-bond donors (Lipinski definition) is 1. The Hall–Kier alpha value is -2.41. The highest BCUT2D eigenvalue weighted by atomic mass is 16.5. The molecule has 1 aromatic heterocycles. The average molecular weight is 316 g/mol. The molecule has 1 aliphatic heterocycles. The van der Waals surface area contributed by atoms with Crippen molar-refractivity contribution >= 4 is 11.7 Å². The smallest absolute Gasteiger partial charge is 0.322 e. The third-order valence-corrected chi connectivity index (χ3v) is 3.82. The number of aromatic nitrogens is 2. The number of urea groups is 1. The van der Waals surface area contributed by atoms with Crippen molar-refractivity contribution in [2.45, 2.75) is 26.3 Å². The maximum absolute atomic E-state index is 12.6. The van der Waals surface area contributed by atoms with Gasteiger partial charge >= 0.3 is 6.03 Å². The molecule has 7 heteroatoms. The highest BCUT2D eigenvalue weighted by Gasteiger charge is 2.32. The van der Waals surface area contributed by atoms with E-state index in [-0.39, 0.29) is 12.1 Å². The molecule has 0 bridgehead atoms. The predicted molar refractivity (Wildman–Crippen MR) is 84.1 cm³/mol. The molecule has 2 aromatic rings. The summed E-state index contributed by atoms with van der Waals surface area (Å²) in [6.07, 6.45) is 0.923. The molecule has 122 valence electrons. The first-order valence-electron chi connectivity index (χ1n) is 7.72. The van der Waals surface area contributed by atoms with Crippen LogP contribution in [-0.4, -0.2) is 40.8 Å². The maximum Gasteiger partial charge on any atom is 0.322 e. The van der Waals surface area contributed by atoms with Gasteiger partial charge < -0.3 is 19.5 Å². The Bertz CT molecular complexity index is 685. The van der Waals surface area contributed by atoms with Gasteiger partial charge in [0.15, 0.2) is 5.82 Å². The Morgan fingerprint density at radius 2 is 2.35 bits per heavy atom. The lowest BCUT2D eigenvalue weighted by atomic mass is 10.1. The van der Waals surface area contributed by atoms with Gasteiger partial charge in [0.2, 0.25) is 5.89 Å². The minimum absolute atomic E-state index is 0.186. The molecule has 1 aliphatic rings.